The number of aromatic nitrogens is 2. The molecule has 160 valence electrons. The number of hydrogen-bond donors (Lipinski definition) is 1. The van der Waals surface area contributed by atoms with Crippen LogP contribution in [0, 0.1) is 0 Å². The molecule has 1 fully saturated rings. The first-order valence-corrected chi connectivity index (χ1v) is 10.9. The number of H-pyrrole nitrogens is 1. The molecule has 5 rings (SSSR count). The van der Waals surface area contributed by atoms with Gasteiger partial charge in [0.2, 0.25) is 5.91 Å². The van der Waals surface area contributed by atoms with Crippen LogP contribution < -0.4 is 15.0 Å². The highest BCUT2D eigenvalue weighted by Crippen LogP contribution is 2.38. The van der Waals surface area contributed by atoms with Crippen LogP contribution in [0.15, 0.2) is 47.3 Å². The topological polar surface area (TPSA) is 84.5 Å². The summed E-state index contributed by atoms with van der Waals surface area (Å²) in [7, 11) is 0. The fourth-order valence-electron chi connectivity index (χ4n) is 4.42. The molecule has 0 unspecified atom stereocenters. The minimum atomic E-state index is -0.167. The van der Waals surface area contributed by atoms with Crippen molar-refractivity contribution in [3.05, 3.63) is 64.2 Å². The largest absolute Gasteiger partial charge is 0.490 e. The molecule has 2 aliphatic rings. The molecular weight excluding hydrogens is 394 g/mol. The zero-order valence-electron chi connectivity index (χ0n) is 17.3. The molecule has 0 aliphatic carbocycles. The first-order valence-electron chi connectivity index (χ1n) is 10.9. The first kappa shape index (κ1) is 19.6. The number of nitrogens with zero attached hydrogens (tertiary/aromatic N) is 2. The van der Waals surface area contributed by atoms with Crippen LogP contribution in [0.4, 0.5) is 0 Å². The van der Waals surface area contributed by atoms with Gasteiger partial charge in [0, 0.05) is 25.8 Å². The van der Waals surface area contributed by atoms with Gasteiger partial charge in [0.05, 0.1) is 30.2 Å². The third-order valence-corrected chi connectivity index (χ3v) is 5.97. The predicted octanol–water partition coefficient (Wildman–Crippen LogP) is 3.38. The summed E-state index contributed by atoms with van der Waals surface area (Å²) in [6.45, 7) is 2.03. The minimum absolute atomic E-state index is 0.0354. The third kappa shape index (κ3) is 4.00. The normalized spacial score (nSPS) is 18.2. The van der Waals surface area contributed by atoms with E-state index in [1.165, 1.54) is 0 Å². The first-order chi connectivity index (χ1) is 15.2. The number of ether oxygens (including phenoxy) is 2. The van der Waals surface area contributed by atoms with Gasteiger partial charge in [-0.05, 0) is 42.7 Å². The number of rotatable bonds is 4. The standard InChI is InChI=1S/C24H25N3O4/c28-23(11-10-22-25-18-6-2-1-5-17(18)24(29)26-22)27-12-3-7-19(27)16-8-9-20-21(15-16)31-14-4-13-30-20/h1-2,5-6,8-9,15,19H,3-4,7,10-14H2,(H,25,26,29)/t19-/m1/s1. The van der Waals surface area contributed by atoms with Gasteiger partial charge in [0.25, 0.3) is 5.56 Å². The molecule has 2 aliphatic heterocycles. The van der Waals surface area contributed by atoms with Gasteiger partial charge in [-0.1, -0.05) is 18.2 Å². The van der Waals surface area contributed by atoms with Gasteiger partial charge in [-0.25, -0.2) is 4.98 Å². The summed E-state index contributed by atoms with van der Waals surface area (Å²) < 4.78 is 11.6. The number of aryl methyl sites for hydroxylation is 1. The maximum absolute atomic E-state index is 13.0. The van der Waals surface area contributed by atoms with Crippen LogP contribution in [-0.2, 0) is 11.2 Å². The Morgan fingerprint density at radius 3 is 2.84 bits per heavy atom. The molecule has 31 heavy (non-hydrogen) atoms. The summed E-state index contributed by atoms with van der Waals surface area (Å²) in [6, 6.07) is 13.3. The number of carbonyl (C=O) groups excluding carboxylic acids is 1. The lowest BCUT2D eigenvalue weighted by Crippen LogP contribution is -2.31. The molecular formula is C24H25N3O4. The van der Waals surface area contributed by atoms with Gasteiger partial charge in [-0.15, -0.1) is 0 Å². The molecule has 3 aromatic rings. The Balaban J connectivity index is 1.30. The number of aromatic amines is 1. The monoisotopic (exact) mass is 419 g/mol. The van der Waals surface area contributed by atoms with E-state index < -0.39 is 0 Å². The van der Waals surface area contributed by atoms with Crippen LogP contribution in [-0.4, -0.2) is 40.5 Å². The predicted molar refractivity (Wildman–Crippen MR) is 116 cm³/mol. The van der Waals surface area contributed by atoms with Crippen LogP contribution in [0.1, 0.15) is 43.1 Å². The van der Waals surface area contributed by atoms with Gasteiger partial charge in [-0.3, -0.25) is 9.59 Å². The molecule has 7 nitrogen and oxygen atoms in total. The van der Waals surface area contributed by atoms with Crippen molar-refractivity contribution in [3.8, 4) is 11.5 Å². The van der Waals surface area contributed by atoms with Crippen molar-refractivity contribution >= 4 is 16.8 Å². The molecule has 0 radical (unpaired) electrons. The highest BCUT2D eigenvalue weighted by molar-refractivity contribution is 5.78. The number of carbonyl (C=O) groups is 1. The van der Waals surface area contributed by atoms with Crippen LogP contribution in [0.25, 0.3) is 10.9 Å². The smallest absolute Gasteiger partial charge is 0.258 e. The van der Waals surface area contributed by atoms with E-state index in [9.17, 15) is 9.59 Å². The SMILES string of the molecule is O=C(CCc1nc2ccccc2c(=O)[nH]1)N1CCC[C@@H]1c1ccc2c(c1)OCCCO2. The molecule has 0 bridgehead atoms. The van der Waals surface area contributed by atoms with Gasteiger partial charge >= 0.3 is 0 Å². The lowest BCUT2D eigenvalue weighted by Gasteiger charge is -2.25. The molecule has 3 heterocycles. The Morgan fingerprint density at radius 2 is 1.94 bits per heavy atom. The van der Waals surface area contributed by atoms with Gasteiger partial charge in [-0.2, -0.15) is 0 Å². The quantitative estimate of drug-likeness (QED) is 0.701. The Hall–Kier alpha value is -3.35. The number of benzene rings is 2. The van der Waals surface area contributed by atoms with Crippen molar-refractivity contribution in [2.45, 2.75) is 38.1 Å². The van der Waals surface area contributed by atoms with Crippen LogP contribution in [0.3, 0.4) is 0 Å². The maximum Gasteiger partial charge on any atom is 0.258 e. The number of nitrogens with one attached hydrogen (secondary N) is 1. The molecule has 1 atom stereocenters. The lowest BCUT2D eigenvalue weighted by molar-refractivity contribution is -0.132. The summed E-state index contributed by atoms with van der Waals surface area (Å²) >= 11 is 0. The van der Waals surface area contributed by atoms with E-state index in [2.05, 4.69) is 9.97 Å². The average molecular weight is 419 g/mol. The number of likely N-dealkylation sites (tertiary alicyclic amines) is 1. The number of amides is 1. The van der Waals surface area contributed by atoms with Crippen LogP contribution in [0.5, 0.6) is 11.5 Å². The summed E-state index contributed by atoms with van der Waals surface area (Å²) in [5, 5.41) is 0.562. The number of fused-ring (bicyclic) bond motifs is 2. The second-order valence-electron chi connectivity index (χ2n) is 8.03. The fraction of sp³-hybridized carbons (Fsp3) is 0.375. The van der Waals surface area contributed by atoms with Crippen molar-refractivity contribution < 1.29 is 14.3 Å². The Kier molecular flexibility index (Phi) is 5.32. The zero-order chi connectivity index (χ0) is 21.2. The van der Waals surface area contributed by atoms with Crippen molar-refractivity contribution in [3.63, 3.8) is 0 Å². The lowest BCUT2D eigenvalue weighted by atomic mass is 10.0. The van der Waals surface area contributed by atoms with E-state index >= 15 is 0 Å². The molecule has 2 aromatic carbocycles. The van der Waals surface area contributed by atoms with Gasteiger partial charge in [0.1, 0.15) is 5.82 Å². The molecule has 1 amide bonds. The van der Waals surface area contributed by atoms with Crippen molar-refractivity contribution in [2.24, 2.45) is 0 Å². The van der Waals surface area contributed by atoms with Crippen molar-refractivity contribution in [1.82, 2.24) is 14.9 Å². The summed E-state index contributed by atoms with van der Waals surface area (Å²) in [6.07, 6.45) is 3.47. The number of para-hydroxylation sites is 1. The molecule has 1 aromatic heterocycles. The second kappa shape index (κ2) is 8.41. The second-order valence-corrected chi connectivity index (χ2v) is 8.03. The highest BCUT2D eigenvalue weighted by atomic mass is 16.5. The summed E-state index contributed by atoms with van der Waals surface area (Å²) in [5.74, 6) is 2.14. The zero-order valence-corrected chi connectivity index (χ0v) is 17.3. The van der Waals surface area contributed by atoms with E-state index in [0.29, 0.717) is 42.8 Å². The highest BCUT2D eigenvalue weighted by Gasteiger charge is 2.30. The van der Waals surface area contributed by atoms with E-state index in [1.54, 1.807) is 6.07 Å². The molecule has 1 saturated heterocycles. The average Bonchev–Trinajstić information content (AvgIpc) is 3.16. The minimum Gasteiger partial charge on any atom is -0.490 e. The summed E-state index contributed by atoms with van der Waals surface area (Å²) in [5.41, 5.74) is 1.56. The summed E-state index contributed by atoms with van der Waals surface area (Å²) in [4.78, 5) is 34.6. The van der Waals surface area contributed by atoms with Gasteiger partial charge in [0.15, 0.2) is 11.5 Å². The molecule has 7 heteroatoms. The van der Waals surface area contributed by atoms with E-state index in [4.69, 9.17) is 9.47 Å². The van der Waals surface area contributed by atoms with Crippen LogP contribution >= 0.6 is 0 Å². The number of hydrogen-bond acceptors (Lipinski definition) is 5. The van der Waals surface area contributed by atoms with Crippen molar-refractivity contribution in [2.75, 3.05) is 19.8 Å². The van der Waals surface area contributed by atoms with E-state index in [-0.39, 0.29) is 17.5 Å². The van der Waals surface area contributed by atoms with E-state index in [0.717, 1.165) is 42.9 Å². The van der Waals surface area contributed by atoms with Crippen molar-refractivity contribution in [1.29, 1.82) is 0 Å². The molecule has 0 saturated carbocycles. The fourth-order valence-corrected chi connectivity index (χ4v) is 4.42. The van der Waals surface area contributed by atoms with Crippen LogP contribution in [0.2, 0.25) is 0 Å². The molecule has 1 N–H and O–H groups in total. The Labute approximate surface area is 180 Å². The van der Waals surface area contributed by atoms with E-state index in [1.807, 2.05) is 41.3 Å². The Morgan fingerprint density at radius 1 is 1.10 bits per heavy atom. The third-order valence-electron chi connectivity index (χ3n) is 5.97. The van der Waals surface area contributed by atoms with Gasteiger partial charge < -0.3 is 19.4 Å². The maximum atomic E-state index is 13.0. The molecule has 0 spiro atoms. The Bertz CT molecular complexity index is 1170.